The topological polar surface area (TPSA) is 30.5 Å². The van der Waals surface area contributed by atoms with Gasteiger partial charge < -0.3 is 14.8 Å². The van der Waals surface area contributed by atoms with E-state index in [1.54, 1.807) is 6.07 Å². The molecule has 0 saturated carbocycles. The first kappa shape index (κ1) is 16.6. The van der Waals surface area contributed by atoms with Gasteiger partial charge in [0.25, 0.3) is 0 Å². The Morgan fingerprint density at radius 1 is 1.26 bits per heavy atom. The molecule has 0 aliphatic carbocycles. The average Bonchev–Trinajstić information content (AvgIpc) is 2.36. The zero-order chi connectivity index (χ0) is 14.3. The van der Waals surface area contributed by atoms with Crippen molar-refractivity contribution in [3.63, 3.8) is 0 Å². The molecule has 0 amide bonds. The molecule has 0 aromatic heterocycles. The number of halogens is 2. The Labute approximate surface area is 122 Å². The molecule has 1 unspecified atom stereocenters. The largest absolute Gasteiger partial charge is 0.352 e. The SMILES string of the molecule is CCOC(CNC(C)c1ccc(Br)cc1F)OCC. The van der Waals surface area contributed by atoms with Crippen molar-refractivity contribution in [2.24, 2.45) is 0 Å². The molecule has 1 rings (SSSR count). The molecule has 0 bridgehead atoms. The summed E-state index contributed by atoms with van der Waals surface area (Å²) in [7, 11) is 0. The van der Waals surface area contributed by atoms with Crippen LogP contribution in [0.3, 0.4) is 0 Å². The highest BCUT2D eigenvalue weighted by molar-refractivity contribution is 9.10. The van der Waals surface area contributed by atoms with Gasteiger partial charge in [0.2, 0.25) is 0 Å². The van der Waals surface area contributed by atoms with Crippen molar-refractivity contribution < 1.29 is 13.9 Å². The van der Waals surface area contributed by atoms with Crippen LogP contribution in [0.2, 0.25) is 0 Å². The second-order valence-electron chi connectivity index (χ2n) is 4.14. The van der Waals surface area contributed by atoms with Crippen molar-refractivity contribution in [2.45, 2.75) is 33.1 Å². The quantitative estimate of drug-likeness (QED) is 0.737. The van der Waals surface area contributed by atoms with Gasteiger partial charge >= 0.3 is 0 Å². The number of rotatable bonds is 8. The van der Waals surface area contributed by atoms with Crippen LogP contribution in [0.1, 0.15) is 32.4 Å². The van der Waals surface area contributed by atoms with Gasteiger partial charge in [-0.3, -0.25) is 0 Å². The van der Waals surface area contributed by atoms with Gasteiger partial charge in [0, 0.05) is 35.8 Å². The minimum absolute atomic E-state index is 0.100. The molecule has 1 aromatic rings. The lowest BCUT2D eigenvalue weighted by Crippen LogP contribution is -2.33. The molecule has 1 N–H and O–H groups in total. The van der Waals surface area contributed by atoms with Crippen molar-refractivity contribution in [2.75, 3.05) is 19.8 Å². The van der Waals surface area contributed by atoms with Gasteiger partial charge in [-0.05, 0) is 32.9 Å². The Hall–Kier alpha value is -0.490. The van der Waals surface area contributed by atoms with E-state index < -0.39 is 0 Å². The summed E-state index contributed by atoms with van der Waals surface area (Å²) in [6.07, 6.45) is -0.295. The van der Waals surface area contributed by atoms with Crippen LogP contribution in [0.5, 0.6) is 0 Å². The van der Waals surface area contributed by atoms with Crippen molar-refractivity contribution in [1.29, 1.82) is 0 Å². The van der Waals surface area contributed by atoms with Gasteiger partial charge in [-0.1, -0.05) is 22.0 Å². The van der Waals surface area contributed by atoms with Gasteiger partial charge in [-0.25, -0.2) is 4.39 Å². The van der Waals surface area contributed by atoms with E-state index in [0.29, 0.717) is 25.3 Å². The number of nitrogens with one attached hydrogen (secondary N) is 1. The molecule has 1 aromatic carbocycles. The average molecular weight is 334 g/mol. The van der Waals surface area contributed by atoms with Crippen molar-refractivity contribution >= 4 is 15.9 Å². The third-order valence-electron chi connectivity index (χ3n) is 2.72. The standard InChI is InChI=1S/C14H21BrFNO2/c1-4-18-14(19-5-2)9-17-10(3)12-7-6-11(15)8-13(12)16/h6-8,10,14,17H,4-5,9H2,1-3H3. The highest BCUT2D eigenvalue weighted by atomic mass is 79.9. The van der Waals surface area contributed by atoms with Crippen LogP contribution in [-0.2, 0) is 9.47 Å². The van der Waals surface area contributed by atoms with E-state index in [2.05, 4.69) is 21.2 Å². The summed E-state index contributed by atoms with van der Waals surface area (Å²) in [6.45, 7) is 7.47. The predicted molar refractivity (Wildman–Crippen MR) is 77.6 cm³/mol. The first-order chi connectivity index (χ1) is 9.08. The van der Waals surface area contributed by atoms with Crippen LogP contribution in [0, 0.1) is 5.82 Å². The first-order valence-electron chi connectivity index (χ1n) is 6.50. The van der Waals surface area contributed by atoms with E-state index in [1.807, 2.05) is 26.8 Å². The summed E-state index contributed by atoms with van der Waals surface area (Å²) < 4.78 is 25.4. The highest BCUT2D eigenvalue weighted by Crippen LogP contribution is 2.20. The molecule has 0 aliphatic rings. The molecule has 0 saturated heterocycles. The van der Waals surface area contributed by atoms with Crippen molar-refractivity contribution in [1.82, 2.24) is 5.32 Å². The minimum Gasteiger partial charge on any atom is -0.352 e. The normalized spacial score (nSPS) is 12.9. The minimum atomic E-state index is -0.295. The van der Waals surface area contributed by atoms with Crippen LogP contribution in [-0.4, -0.2) is 26.0 Å². The molecule has 3 nitrogen and oxygen atoms in total. The van der Waals surface area contributed by atoms with Crippen LogP contribution >= 0.6 is 15.9 Å². The highest BCUT2D eigenvalue weighted by Gasteiger charge is 2.14. The number of benzene rings is 1. The fraction of sp³-hybridized carbons (Fsp3) is 0.571. The van der Waals surface area contributed by atoms with Crippen LogP contribution in [0.25, 0.3) is 0 Å². The van der Waals surface area contributed by atoms with Crippen LogP contribution in [0.4, 0.5) is 4.39 Å². The molecule has 0 spiro atoms. The number of ether oxygens (including phenoxy) is 2. The third-order valence-corrected chi connectivity index (χ3v) is 3.22. The second kappa shape index (κ2) is 8.64. The summed E-state index contributed by atoms with van der Waals surface area (Å²) in [5.74, 6) is -0.223. The first-order valence-corrected chi connectivity index (χ1v) is 7.29. The van der Waals surface area contributed by atoms with Crippen LogP contribution < -0.4 is 5.32 Å². The molecular weight excluding hydrogens is 313 g/mol. The maximum atomic E-state index is 13.8. The zero-order valence-corrected chi connectivity index (χ0v) is 13.2. The van der Waals surface area contributed by atoms with Gasteiger partial charge in [0.15, 0.2) is 6.29 Å². The molecule has 108 valence electrons. The van der Waals surface area contributed by atoms with E-state index in [9.17, 15) is 4.39 Å². The van der Waals surface area contributed by atoms with Gasteiger partial charge in [0.1, 0.15) is 5.82 Å². The molecule has 0 radical (unpaired) electrons. The molecular formula is C14H21BrFNO2. The fourth-order valence-electron chi connectivity index (χ4n) is 1.77. The fourth-order valence-corrected chi connectivity index (χ4v) is 2.11. The van der Waals surface area contributed by atoms with E-state index >= 15 is 0 Å². The smallest absolute Gasteiger partial charge is 0.169 e. The lowest BCUT2D eigenvalue weighted by atomic mass is 10.1. The maximum Gasteiger partial charge on any atom is 0.169 e. The van der Waals surface area contributed by atoms with Gasteiger partial charge in [-0.2, -0.15) is 0 Å². The maximum absolute atomic E-state index is 13.8. The summed E-state index contributed by atoms with van der Waals surface area (Å²) in [4.78, 5) is 0. The Bertz CT molecular complexity index is 384. The van der Waals surface area contributed by atoms with Crippen molar-refractivity contribution in [3.8, 4) is 0 Å². The molecule has 0 aliphatic heterocycles. The lowest BCUT2D eigenvalue weighted by molar-refractivity contribution is -0.133. The Morgan fingerprint density at radius 3 is 2.42 bits per heavy atom. The lowest BCUT2D eigenvalue weighted by Gasteiger charge is -2.21. The van der Waals surface area contributed by atoms with E-state index in [0.717, 1.165) is 4.47 Å². The Balaban J connectivity index is 2.55. The van der Waals surface area contributed by atoms with Gasteiger partial charge in [0.05, 0.1) is 0 Å². The monoisotopic (exact) mass is 333 g/mol. The molecule has 5 heteroatoms. The zero-order valence-electron chi connectivity index (χ0n) is 11.6. The summed E-state index contributed by atoms with van der Waals surface area (Å²) in [5.41, 5.74) is 0.634. The van der Waals surface area contributed by atoms with E-state index in [-0.39, 0.29) is 18.1 Å². The molecule has 0 fully saturated rings. The van der Waals surface area contributed by atoms with Crippen molar-refractivity contribution in [3.05, 3.63) is 34.1 Å². The molecule has 19 heavy (non-hydrogen) atoms. The summed E-state index contributed by atoms with van der Waals surface area (Å²) in [6, 6.07) is 4.97. The molecule has 1 atom stereocenters. The third kappa shape index (κ3) is 5.57. The van der Waals surface area contributed by atoms with Gasteiger partial charge in [-0.15, -0.1) is 0 Å². The van der Waals surface area contributed by atoms with E-state index in [1.165, 1.54) is 6.07 Å². The second-order valence-corrected chi connectivity index (χ2v) is 5.05. The number of hydrogen-bond donors (Lipinski definition) is 1. The number of hydrogen-bond acceptors (Lipinski definition) is 3. The van der Waals surface area contributed by atoms with E-state index in [4.69, 9.17) is 9.47 Å². The Kier molecular flexibility index (Phi) is 7.53. The Morgan fingerprint density at radius 2 is 1.89 bits per heavy atom. The molecule has 0 heterocycles. The summed E-state index contributed by atoms with van der Waals surface area (Å²) in [5, 5.41) is 3.22. The predicted octanol–water partition coefficient (Wildman–Crippen LogP) is 3.64. The summed E-state index contributed by atoms with van der Waals surface area (Å²) >= 11 is 3.25. The van der Waals surface area contributed by atoms with Crippen LogP contribution in [0.15, 0.2) is 22.7 Å².